The second-order valence-corrected chi connectivity index (χ2v) is 13.8. The zero-order valence-corrected chi connectivity index (χ0v) is 25.5. The fourth-order valence-electron chi connectivity index (χ4n) is 8.03. The van der Waals surface area contributed by atoms with E-state index in [9.17, 15) is 19.5 Å². The van der Waals surface area contributed by atoms with Gasteiger partial charge in [0, 0.05) is 22.4 Å². The highest BCUT2D eigenvalue weighted by Gasteiger charge is 2.46. The van der Waals surface area contributed by atoms with Crippen molar-refractivity contribution in [2.45, 2.75) is 126 Å². The molecule has 1 aromatic carbocycles. The number of ether oxygens (including phenoxy) is 1. The van der Waals surface area contributed by atoms with E-state index in [2.05, 4.69) is 16.0 Å². The van der Waals surface area contributed by atoms with Gasteiger partial charge in [0.1, 0.15) is 12.1 Å². The first-order valence-electron chi connectivity index (χ1n) is 16.3. The van der Waals surface area contributed by atoms with Gasteiger partial charge in [-0.15, -0.1) is 0 Å². The van der Waals surface area contributed by atoms with E-state index in [1.807, 2.05) is 24.3 Å². The summed E-state index contributed by atoms with van der Waals surface area (Å²) >= 11 is 6.18. The van der Waals surface area contributed by atoms with Gasteiger partial charge in [-0.25, -0.2) is 4.79 Å². The molecule has 3 amide bonds. The standard InChI is InChI=1S/C33H48ClN3O5/c34-26-12-6-10-23(17-26)16-24-11-7-13-29(24)42-32(41)36-28(18-22-8-2-1-3-9-22)31(40)35-27(21-38)19-25-20-33(37-30(25)39)14-4-5-15-33/h6,10,12,17,22,24-25,27-29,38H,1-5,7-9,11,13-16,18-21H2,(H,35,40)(H,36,41)(H,37,39)/t24?,25?,27?,28-,29?/m0/s1. The minimum atomic E-state index is -0.749. The fraction of sp³-hybridized carbons (Fsp3) is 0.727. The number of nitrogens with one attached hydrogen (secondary N) is 3. The summed E-state index contributed by atoms with van der Waals surface area (Å²) in [5.74, 6) is 0.0436. The SMILES string of the molecule is O=C(N[C@@H](CC1CCCCC1)C(=O)NC(CO)CC1CC2(CCCC2)NC1=O)OC1CCCC1Cc1cccc(Cl)c1. The molecule has 3 aliphatic carbocycles. The second kappa shape index (κ2) is 14.4. The average Bonchev–Trinajstić information content (AvgIpc) is 3.69. The van der Waals surface area contributed by atoms with E-state index in [4.69, 9.17) is 16.3 Å². The molecule has 42 heavy (non-hydrogen) atoms. The lowest BCUT2D eigenvalue weighted by molar-refractivity contribution is -0.126. The number of alkyl carbamates (subject to hydrolysis) is 1. The third-order valence-corrected chi connectivity index (χ3v) is 10.5. The molecule has 5 rings (SSSR count). The van der Waals surface area contributed by atoms with Crippen LogP contribution in [0.25, 0.3) is 0 Å². The summed E-state index contributed by atoms with van der Waals surface area (Å²) < 4.78 is 5.94. The maximum absolute atomic E-state index is 13.6. The van der Waals surface area contributed by atoms with Crippen LogP contribution in [0, 0.1) is 17.8 Å². The number of halogens is 1. The molecule has 1 heterocycles. The maximum Gasteiger partial charge on any atom is 0.408 e. The van der Waals surface area contributed by atoms with Crippen molar-refractivity contribution in [2.75, 3.05) is 6.61 Å². The highest BCUT2D eigenvalue weighted by atomic mass is 35.5. The zero-order chi connectivity index (χ0) is 29.5. The van der Waals surface area contributed by atoms with Gasteiger partial charge < -0.3 is 25.8 Å². The molecule has 8 nitrogen and oxygen atoms in total. The summed E-state index contributed by atoms with van der Waals surface area (Å²) in [4.78, 5) is 39.5. The number of rotatable bonds is 11. The molecule has 1 aromatic rings. The molecule has 232 valence electrons. The van der Waals surface area contributed by atoms with Crippen LogP contribution in [-0.2, 0) is 20.7 Å². The lowest BCUT2D eigenvalue weighted by Crippen LogP contribution is -2.52. The Labute approximate surface area is 255 Å². The zero-order valence-electron chi connectivity index (χ0n) is 24.8. The summed E-state index contributed by atoms with van der Waals surface area (Å²) in [5, 5.41) is 19.9. The van der Waals surface area contributed by atoms with Gasteiger partial charge >= 0.3 is 6.09 Å². The van der Waals surface area contributed by atoms with Gasteiger partial charge in [-0.3, -0.25) is 9.59 Å². The molecule has 4 unspecified atom stereocenters. The molecule has 3 saturated carbocycles. The largest absolute Gasteiger partial charge is 0.446 e. The average molecular weight is 602 g/mol. The number of benzene rings is 1. The molecule has 4 N–H and O–H groups in total. The van der Waals surface area contributed by atoms with Crippen molar-refractivity contribution in [1.82, 2.24) is 16.0 Å². The van der Waals surface area contributed by atoms with Crippen molar-refractivity contribution < 1.29 is 24.2 Å². The van der Waals surface area contributed by atoms with Crippen molar-refractivity contribution in [3.63, 3.8) is 0 Å². The van der Waals surface area contributed by atoms with Crippen LogP contribution in [0.2, 0.25) is 5.02 Å². The van der Waals surface area contributed by atoms with Crippen molar-refractivity contribution in [3.8, 4) is 0 Å². The summed E-state index contributed by atoms with van der Waals surface area (Å²) in [6, 6.07) is 6.51. The number of aliphatic hydroxyl groups excluding tert-OH is 1. The molecule has 5 atom stereocenters. The van der Waals surface area contributed by atoms with Crippen LogP contribution in [0.3, 0.4) is 0 Å². The Balaban J connectivity index is 1.18. The van der Waals surface area contributed by atoms with E-state index < -0.39 is 18.2 Å². The van der Waals surface area contributed by atoms with Crippen LogP contribution in [-0.4, -0.2) is 53.3 Å². The van der Waals surface area contributed by atoms with Crippen LogP contribution < -0.4 is 16.0 Å². The molecule has 1 aliphatic heterocycles. The highest BCUT2D eigenvalue weighted by Crippen LogP contribution is 2.40. The molecular formula is C33H48ClN3O5. The minimum absolute atomic E-state index is 0.0222. The molecule has 4 fully saturated rings. The molecular weight excluding hydrogens is 554 g/mol. The van der Waals surface area contributed by atoms with E-state index in [0.29, 0.717) is 23.8 Å². The first-order valence-corrected chi connectivity index (χ1v) is 16.6. The summed E-state index contributed by atoms with van der Waals surface area (Å²) in [6.07, 6.45) is 14.3. The lowest BCUT2D eigenvalue weighted by atomic mass is 9.84. The monoisotopic (exact) mass is 601 g/mol. The Morgan fingerprint density at radius 3 is 2.55 bits per heavy atom. The molecule has 0 radical (unpaired) electrons. The molecule has 4 aliphatic rings. The minimum Gasteiger partial charge on any atom is -0.446 e. The lowest BCUT2D eigenvalue weighted by Gasteiger charge is -2.29. The van der Waals surface area contributed by atoms with E-state index in [1.54, 1.807) is 0 Å². The number of carbonyl (C=O) groups excluding carboxylic acids is 3. The van der Waals surface area contributed by atoms with E-state index >= 15 is 0 Å². The predicted molar refractivity (Wildman–Crippen MR) is 162 cm³/mol. The van der Waals surface area contributed by atoms with Gasteiger partial charge in [-0.1, -0.05) is 68.7 Å². The first-order chi connectivity index (χ1) is 20.3. The second-order valence-electron chi connectivity index (χ2n) is 13.4. The van der Waals surface area contributed by atoms with Gasteiger partial charge in [-0.05, 0) is 81.4 Å². The Kier molecular flexibility index (Phi) is 10.7. The molecule has 1 spiro atoms. The number of aliphatic hydroxyl groups is 1. The number of amides is 3. The van der Waals surface area contributed by atoms with Crippen LogP contribution >= 0.6 is 11.6 Å². The van der Waals surface area contributed by atoms with Crippen LogP contribution in [0.1, 0.15) is 102 Å². The number of hydrogen-bond donors (Lipinski definition) is 4. The first kappa shape index (κ1) is 31.1. The third kappa shape index (κ3) is 8.19. The molecule has 1 saturated heterocycles. The molecule has 0 aromatic heterocycles. The number of hydrogen-bond acceptors (Lipinski definition) is 5. The fourth-order valence-corrected chi connectivity index (χ4v) is 8.25. The highest BCUT2D eigenvalue weighted by molar-refractivity contribution is 6.30. The smallest absolute Gasteiger partial charge is 0.408 e. The van der Waals surface area contributed by atoms with Gasteiger partial charge in [0.15, 0.2) is 0 Å². The van der Waals surface area contributed by atoms with Gasteiger partial charge in [-0.2, -0.15) is 0 Å². The van der Waals surface area contributed by atoms with Crippen molar-refractivity contribution >= 4 is 29.5 Å². The third-order valence-electron chi connectivity index (χ3n) is 10.2. The Morgan fingerprint density at radius 2 is 1.81 bits per heavy atom. The molecule has 0 bridgehead atoms. The van der Waals surface area contributed by atoms with Crippen LogP contribution in [0.15, 0.2) is 24.3 Å². The van der Waals surface area contributed by atoms with Gasteiger partial charge in [0.2, 0.25) is 11.8 Å². The van der Waals surface area contributed by atoms with Crippen LogP contribution in [0.5, 0.6) is 0 Å². The normalized spacial score (nSPS) is 27.0. The van der Waals surface area contributed by atoms with Crippen LogP contribution in [0.4, 0.5) is 4.79 Å². The Hall–Kier alpha value is -2.32. The topological polar surface area (TPSA) is 117 Å². The van der Waals surface area contributed by atoms with Gasteiger partial charge in [0.25, 0.3) is 0 Å². The van der Waals surface area contributed by atoms with Gasteiger partial charge in [0.05, 0.1) is 12.6 Å². The Morgan fingerprint density at radius 1 is 1.02 bits per heavy atom. The summed E-state index contributed by atoms with van der Waals surface area (Å²) in [5.41, 5.74) is 1.02. The Bertz CT molecular complexity index is 1090. The van der Waals surface area contributed by atoms with E-state index in [-0.39, 0.29) is 41.9 Å². The maximum atomic E-state index is 13.6. The van der Waals surface area contributed by atoms with Crippen molar-refractivity contribution in [2.24, 2.45) is 17.8 Å². The predicted octanol–water partition coefficient (Wildman–Crippen LogP) is 5.43. The van der Waals surface area contributed by atoms with E-state index in [0.717, 1.165) is 89.0 Å². The quantitative estimate of drug-likeness (QED) is 0.270. The van der Waals surface area contributed by atoms with Crippen molar-refractivity contribution in [3.05, 3.63) is 34.9 Å². The van der Waals surface area contributed by atoms with Crippen molar-refractivity contribution in [1.29, 1.82) is 0 Å². The summed E-state index contributed by atoms with van der Waals surface area (Å²) in [6.45, 7) is -0.254. The van der Waals surface area contributed by atoms with E-state index in [1.165, 1.54) is 6.42 Å². The number of carbonyl (C=O) groups is 3. The summed E-state index contributed by atoms with van der Waals surface area (Å²) in [7, 11) is 0. The molecule has 9 heteroatoms.